The summed E-state index contributed by atoms with van der Waals surface area (Å²) < 4.78 is 50.3. The molecule has 1 aromatic rings. The summed E-state index contributed by atoms with van der Waals surface area (Å²) in [6.07, 6.45) is 11.5. The molecule has 0 fully saturated rings. The lowest BCUT2D eigenvalue weighted by Gasteiger charge is -2.08. The van der Waals surface area contributed by atoms with E-state index in [2.05, 4.69) is 6.92 Å². The lowest BCUT2D eigenvalue weighted by Crippen LogP contribution is -2.15. The van der Waals surface area contributed by atoms with Gasteiger partial charge in [0, 0.05) is 6.42 Å². The fraction of sp³-hybridized carbons (Fsp3) is 0.741. The first kappa shape index (κ1) is 32.5. The minimum absolute atomic E-state index is 0.0584. The molecule has 0 aromatic heterocycles. The summed E-state index contributed by atoms with van der Waals surface area (Å²) >= 11 is 0. The second kappa shape index (κ2) is 21.6. The summed E-state index contributed by atoms with van der Waals surface area (Å²) in [5.41, 5.74) is 0.978. The standard InChI is InChI=1S/C27H46O8S/c1-3-4-5-6-7-8-9-10-11-12-27(28)34-23-21-32-19-17-31-18-20-33-22-24-35-36(29,30)26-15-13-25(2)14-16-26/h13-16H,3-12,17-24H2,1-2H3. The van der Waals surface area contributed by atoms with Gasteiger partial charge >= 0.3 is 5.97 Å². The summed E-state index contributed by atoms with van der Waals surface area (Å²) in [6.45, 7) is 6.28. The predicted octanol–water partition coefficient (Wildman–Crippen LogP) is 5.21. The Morgan fingerprint density at radius 2 is 1.14 bits per heavy atom. The largest absolute Gasteiger partial charge is 0.463 e. The lowest BCUT2D eigenvalue weighted by molar-refractivity contribution is -0.145. The number of carbonyl (C=O) groups is 1. The topological polar surface area (TPSA) is 97.4 Å². The molecule has 0 radical (unpaired) electrons. The van der Waals surface area contributed by atoms with E-state index < -0.39 is 10.1 Å². The van der Waals surface area contributed by atoms with Gasteiger partial charge in [-0.1, -0.05) is 76.0 Å². The average molecular weight is 531 g/mol. The van der Waals surface area contributed by atoms with Crippen LogP contribution in [0.1, 0.15) is 76.7 Å². The van der Waals surface area contributed by atoms with Crippen molar-refractivity contribution in [1.29, 1.82) is 0 Å². The minimum Gasteiger partial charge on any atom is -0.463 e. The molecule has 0 heterocycles. The highest BCUT2D eigenvalue weighted by Crippen LogP contribution is 2.13. The minimum atomic E-state index is -3.77. The number of unbranched alkanes of at least 4 members (excludes halogenated alkanes) is 8. The van der Waals surface area contributed by atoms with E-state index in [1.165, 1.54) is 57.1 Å². The van der Waals surface area contributed by atoms with Gasteiger partial charge < -0.3 is 18.9 Å². The molecule has 0 aliphatic rings. The fourth-order valence-corrected chi connectivity index (χ4v) is 4.28. The van der Waals surface area contributed by atoms with Crippen LogP contribution in [-0.4, -0.2) is 67.2 Å². The number of benzene rings is 1. The van der Waals surface area contributed by atoms with E-state index in [1.54, 1.807) is 12.1 Å². The van der Waals surface area contributed by atoms with Gasteiger partial charge in [0.2, 0.25) is 0 Å². The van der Waals surface area contributed by atoms with Gasteiger partial charge in [0.25, 0.3) is 10.1 Å². The Hall–Kier alpha value is -1.52. The molecule has 0 unspecified atom stereocenters. The molecule has 208 valence electrons. The number of hydrogen-bond acceptors (Lipinski definition) is 8. The zero-order valence-corrected chi connectivity index (χ0v) is 23.0. The van der Waals surface area contributed by atoms with Crippen LogP contribution in [0.2, 0.25) is 0 Å². The molecule has 0 aliphatic carbocycles. The van der Waals surface area contributed by atoms with Crippen molar-refractivity contribution < 1.29 is 36.3 Å². The molecular weight excluding hydrogens is 484 g/mol. The molecule has 0 aliphatic heterocycles. The van der Waals surface area contributed by atoms with Gasteiger partial charge in [0.15, 0.2) is 0 Å². The summed E-state index contributed by atoms with van der Waals surface area (Å²) in [5, 5.41) is 0. The molecule has 0 spiro atoms. The maximum atomic E-state index is 12.0. The summed E-state index contributed by atoms with van der Waals surface area (Å²) in [4.78, 5) is 11.8. The molecule has 0 amide bonds. The van der Waals surface area contributed by atoms with Crippen molar-refractivity contribution in [3.8, 4) is 0 Å². The summed E-state index contributed by atoms with van der Waals surface area (Å²) in [6, 6.07) is 6.48. The monoisotopic (exact) mass is 530 g/mol. The molecule has 0 saturated heterocycles. The van der Waals surface area contributed by atoms with E-state index in [0.717, 1.165) is 18.4 Å². The lowest BCUT2D eigenvalue weighted by atomic mass is 10.1. The van der Waals surface area contributed by atoms with Crippen LogP contribution in [0, 0.1) is 6.92 Å². The Balaban J connectivity index is 1.82. The zero-order chi connectivity index (χ0) is 26.3. The van der Waals surface area contributed by atoms with Crippen LogP contribution in [0.15, 0.2) is 29.2 Å². The third-order valence-electron chi connectivity index (χ3n) is 5.50. The molecule has 1 rings (SSSR count). The SMILES string of the molecule is CCCCCCCCCCCC(=O)OCCOCCOCCOCCOS(=O)(=O)c1ccc(C)cc1. The van der Waals surface area contributed by atoms with Crippen molar-refractivity contribution in [2.45, 2.75) is 83.0 Å². The molecule has 36 heavy (non-hydrogen) atoms. The van der Waals surface area contributed by atoms with E-state index >= 15 is 0 Å². The second-order valence-electron chi connectivity index (χ2n) is 8.73. The first-order valence-electron chi connectivity index (χ1n) is 13.3. The van der Waals surface area contributed by atoms with E-state index in [9.17, 15) is 13.2 Å². The van der Waals surface area contributed by atoms with Crippen LogP contribution in [-0.2, 0) is 38.0 Å². The molecule has 1 aromatic carbocycles. The Labute approximate surface area is 218 Å². The molecular formula is C27H46O8S. The van der Waals surface area contributed by atoms with Crippen molar-refractivity contribution in [2.24, 2.45) is 0 Å². The van der Waals surface area contributed by atoms with Crippen molar-refractivity contribution >= 4 is 16.1 Å². The van der Waals surface area contributed by atoms with Crippen LogP contribution < -0.4 is 0 Å². The van der Waals surface area contributed by atoms with Crippen molar-refractivity contribution in [2.75, 3.05) is 52.9 Å². The molecule has 9 heteroatoms. The predicted molar refractivity (Wildman–Crippen MR) is 140 cm³/mol. The number of aryl methyl sites for hydroxylation is 1. The molecule has 0 bridgehead atoms. The summed E-state index contributed by atoms with van der Waals surface area (Å²) in [7, 11) is -3.77. The molecule has 0 atom stereocenters. The third kappa shape index (κ3) is 17.8. The van der Waals surface area contributed by atoms with Crippen molar-refractivity contribution in [3.05, 3.63) is 29.8 Å². The van der Waals surface area contributed by atoms with Crippen molar-refractivity contribution in [3.63, 3.8) is 0 Å². The highest BCUT2D eigenvalue weighted by molar-refractivity contribution is 7.86. The third-order valence-corrected chi connectivity index (χ3v) is 6.82. The Kier molecular flexibility index (Phi) is 19.5. The zero-order valence-electron chi connectivity index (χ0n) is 22.2. The van der Waals surface area contributed by atoms with Crippen LogP contribution in [0.25, 0.3) is 0 Å². The van der Waals surface area contributed by atoms with Gasteiger partial charge in [0.05, 0.1) is 51.1 Å². The van der Waals surface area contributed by atoms with E-state index in [0.29, 0.717) is 39.5 Å². The van der Waals surface area contributed by atoms with E-state index in [4.69, 9.17) is 23.1 Å². The Bertz CT molecular complexity index is 764. The number of carbonyl (C=O) groups excluding carboxylic acids is 1. The average Bonchev–Trinajstić information content (AvgIpc) is 2.86. The summed E-state index contributed by atoms with van der Waals surface area (Å²) in [5.74, 6) is -0.161. The van der Waals surface area contributed by atoms with Gasteiger partial charge in [-0.05, 0) is 25.5 Å². The van der Waals surface area contributed by atoms with Crippen LogP contribution >= 0.6 is 0 Å². The Morgan fingerprint density at radius 3 is 1.69 bits per heavy atom. The molecule has 0 N–H and O–H groups in total. The van der Waals surface area contributed by atoms with E-state index in [-0.39, 0.29) is 30.7 Å². The second-order valence-corrected chi connectivity index (χ2v) is 10.3. The maximum Gasteiger partial charge on any atom is 0.305 e. The van der Waals surface area contributed by atoms with E-state index in [1.807, 2.05) is 6.92 Å². The van der Waals surface area contributed by atoms with Gasteiger partial charge in [0.1, 0.15) is 6.61 Å². The number of ether oxygens (including phenoxy) is 4. The number of hydrogen-bond donors (Lipinski definition) is 0. The van der Waals surface area contributed by atoms with Gasteiger partial charge in [-0.2, -0.15) is 8.42 Å². The highest BCUT2D eigenvalue weighted by Gasteiger charge is 2.14. The van der Waals surface area contributed by atoms with Gasteiger partial charge in [-0.3, -0.25) is 8.98 Å². The molecule has 8 nitrogen and oxygen atoms in total. The van der Waals surface area contributed by atoms with Crippen LogP contribution in [0.4, 0.5) is 0 Å². The fourth-order valence-electron chi connectivity index (χ4n) is 3.38. The number of rotatable bonds is 24. The maximum absolute atomic E-state index is 12.0. The van der Waals surface area contributed by atoms with Crippen molar-refractivity contribution in [1.82, 2.24) is 0 Å². The smallest absolute Gasteiger partial charge is 0.305 e. The number of esters is 1. The first-order valence-corrected chi connectivity index (χ1v) is 14.7. The first-order chi connectivity index (χ1) is 17.5. The van der Waals surface area contributed by atoms with Gasteiger partial charge in [-0.15, -0.1) is 0 Å². The van der Waals surface area contributed by atoms with Gasteiger partial charge in [-0.25, -0.2) is 0 Å². The normalized spacial score (nSPS) is 11.6. The van der Waals surface area contributed by atoms with Crippen LogP contribution in [0.5, 0.6) is 0 Å². The molecule has 0 saturated carbocycles. The quantitative estimate of drug-likeness (QED) is 0.102. The van der Waals surface area contributed by atoms with Crippen LogP contribution in [0.3, 0.4) is 0 Å². The highest BCUT2D eigenvalue weighted by atomic mass is 32.2. The Morgan fingerprint density at radius 1 is 0.667 bits per heavy atom.